The van der Waals surface area contributed by atoms with Gasteiger partial charge in [0.25, 0.3) is 0 Å². The van der Waals surface area contributed by atoms with Gasteiger partial charge in [-0.25, -0.2) is 4.98 Å². The highest BCUT2D eigenvalue weighted by Crippen LogP contribution is 2.24. The highest BCUT2D eigenvalue weighted by Gasteiger charge is 2.19. The van der Waals surface area contributed by atoms with E-state index in [0.717, 1.165) is 29.9 Å². The Kier molecular flexibility index (Phi) is 4.36. The topological polar surface area (TPSA) is 16.1 Å². The van der Waals surface area contributed by atoms with Gasteiger partial charge in [0, 0.05) is 24.1 Å². The lowest BCUT2D eigenvalue weighted by Crippen LogP contribution is -2.38. The summed E-state index contributed by atoms with van der Waals surface area (Å²) in [6.45, 7) is 4.46. The second kappa shape index (κ2) is 5.78. The van der Waals surface area contributed by atoms with E-state index >= 15 is 0 Å². The van der Waals surface area contributed by atoms with Gasteiger partial charge in [0.2, 0.25) is 0 Å². The van der Waals surface area contributed by atoms with E-state index in [4.69, 9.17) is 11.6 Å². The van der Waals surface area contributed by atoms with Crippen LogP contribution in [0.15, 0.2) is 18.2 Å². The fraction of sp³-hybridized carbons (Fsp3) is 0.583. The highest BCUT2D eigenvalue weighted by atomic mass is 35.5. The van der Waals surface area contributed by atoms with Gasteiger partial charge in [-0.05, 0) is 18.6 Å². The number of hydrogen-bond acceptors (Lipinski definition) is 3. The molecule has 1 fully saturated rings. The van der Waals surface area contributed by atoms with Crippen LogP contribution in [0.3, 0.4) is 0 Å². The quantitative estimate of drug-likeness (QED) is 0.773. The lowest BCUT2D eigenvalue weighted by atomic mass is 10.3. The van der Waals surface area contributed by atoms with Crippen molar-refractivity contribution < 1.29 is 0 Å². The third-order valence-corrected chi connectivity index (χ3v) is 4.49. The predicted octanol–water partition coefficient (Wildman–Crippen LogP) is 3.15. The molecule has 2 rings (SSSR count). The van der Waals surface area contributed by atoms with Crippen LogP contribution in [-0.4, -0.2) is 29.1 Å². The third-order valence-electron chi connectivity index (χ3n) is 2.85. The molecule has 4 heteroatoms. The molecule has 1 aromatic rings. The maximum Gasteiger partial charge on any atom is 0.128 e. The van der Waals surface area contributed by atoms with Crippen molar-refractivity contribution in [2.45, 2.75) is 24.5 Å². The van der Waals surface area contributed by atoms with Gasteiger partial charge >= 0.3 is 0 Å². The highest BCUT2D eigenvalue weighted by molar-refractivity contribution is 8.00. The molecule has 0 aliphatic carbocycles. The first kappa shape index (κ1) is 12.1. The van der Waals surface area contributed by atoms with Crippen molar-refractivity contribution in [1.29, 1.82) is 0 Å². The molecule has 0 saturated carbocycles. The third kappa shape index (κ3) is 2.83. The summed E-state index contributed by atoms with van der Waals surface area (Å²) in [7, 11) is 0. The van der Waals surface area contributed by atoms with E-state index in [0.29, 0.717) is 5.88 Å². The average molecular weight is 257 g/mol. The van der Waals surface area contributed by atoms with Gasteiger partial charge in [-0.1, -0.05) is 13.0 Å². The number of anilines is 1. The molecule has 16 heavy (non-hydrogen) atoms. The number of halogens is 1. The molecule has 1 atom stereocenters. The standard InChI is InChI=1S/C12H17ClN2S/c1-2-11-9-15(6-7-16-11)12-5-3-4-10(8-13)14-12/h3-5,11H,2,6-9H2,1H3. The molecule has 88 valence electrons. The molecule has 0 spiro atoms. The van der Waals surface area contributed by atoms with Gasteiger partial charge in [0.05, 0.1) is 11.6 Å². The summed E-state index contributed by atoms with van der Waals surface area (Å²) in [6.07, 6.45) is 1.23. The average Bonchev–Trinajstić information content (AvgIpc) is 2.39. The van der Waals surface area contributed by atoms with E-state index in [-0.39, 0.29) is 0 Å². The normalized spacial score (nSPS) is 21.1. The lowest BCUT2D eigenvalue weighted by molar-refractivity contribution is 0.719. The maximum absolute atomic E-state index is 5.81. The Balaban J connectivity index is 2.10. The lowest BCUT2D eigenvalue weighted by Gasteiger charge is -2.32. The second-order valence-corrected chi connectivity index (χ2v) is 5.64. The molecule has 1 unspecified atom stereocenters. The van der Waals surface area contributed by atoms with E-state index in [1.807, 2.05) is 12.1 Å². The fourth-order valence-corrected chi connectivity index (χ4v) is 3.22. The SMILES string of the molecule is CCC1CN(c2cccc(CCl)n2)CCS1. The fourth-order valence-electron chi connectivity index (χ4n) is 1.89. The molecule has 1 aromatic heterocycles. The van der Waals surface area contributed by atoms with Crippen LogP contribution in [0.5, 0.6) is 0 Å². The van der Waals surface area contributed by atoms with Crippen LogP contribution in [-0.2, 0) is 5.88 Å². The first-order chi connectivity index (χ1) is 7.83. The van der Waals surface area contributed by atoms with Gasteiger partial charge < -0.3 is 4.90 Å². The van der Waals surface area contributed by atoms with Crippen LogP contribution >= 0.6 is 23.4 Å². The number of alkyl halides is 1. The Morgan fingerprint density at radius 1 is 1.56 bits per heavy atom. The molecule has 0 N–H and O–H groups in total. The molecular formula is C12H17ClN2S. The minimum atomic E-state index is 0.494. The Hall–Kier alpha value is -0.410. The number of rotatable bonds is 3. The molecule has 2 nitrogen and oxygen atoms in total. The zero-order valence-corrected chi connectivity index (χ0v) is 11.1. The number of aromatic nitrogens is 1. The molecule has 0 bridgehead atoms. The van der Waals surface area contributed by atoms with Crippen LogP contribution in [0.25, 0.3) is 0 Å². The summed E-state index contributed by atoms with van der Waals surface area (Å²) in [6, 6.07) is 6.11. The van der Waals surface area contributed by atoms with Gasteiger partial charge in [0.1, 0.15) is 5.82 Å². The predicted molar refractivity (Wildman–Crippen MR) is 72.5 cm³/mol. The van der Waals surface area contributed by atoms with Crippen molar-refractivity contribution in [2.75, 3.05) is 23.7 Å². The zero-order valence-electron chi connectivity index (χ0n) is 9.53. The van der Waals surface area contributed by atoms with Crippen molar-refractivity contribution in [1.82, 2.24) is 4.98 Å². The van der Waals surface area contributed by atoms with Crippen molar-refractivity contribution in [3.63, 3.8) is 0 Å². The molecule has 2 heterocycles. The summed E-state index contributed by atoms with van der Waals surface area (Å²) < 4.78 is 0. The van der Waals surface area contributed by atoms with E-state index in [1.54, 1.807) is 0 Å². The van der Waals surface area contributed by atoms with Gasteiger partial charge in [-0.3, -0.25) is 0 Å². The van der Waals surface area contributed by atoms with Crippen molar-refractivity contribution in [3.05, 3.63) is 23.9 Å². The largest absolute Gasteiger partial charge is 0.355 e. The van der Waals surface area contributed by atoms with E-state index in [1.165, 1.54) is 12.2 Å². The van der Waals surface area contributed by atoms with E-state index in [2.05, 4.69) is 34.6 Å². The summed E-state index contributed by atoms with van der Waals surface area (Å²) in [5.74, 6) is 2.77. The molecule has 0 radical (unpaired) electrons. The Labute approximate surface area is 106 Å². The molecule has 1 saturated heterocycles. The molecule has 0 amide bonds. The summed E-state index contributed by atoms with van der Waals surface area (Å²) in [4.78, 5) is 6.94. The first-order valence-electron chi connectivity index (χ1n) is 5.72. The summed E-state index contributed by atoms with van der Waals surface area (Å²) in [5, 5.41) is 0.746. The van der Waals surface area contributed by atoms with Crippen molar-refractivity contribution in [3.8, 4) is 0 Å². The van der Waals surface area contributed by atoms with E-state index < -0.39 is 0 Å². The Bertz CT molecular complexity index is 346. The van der Waals surface area contributed by atoms with Gasteiger partial charge in [0.15, 0.2) is 0 Å². The first-order valence-corrected chi connectivity index (χ1v) is 7.30. The number of pyridine rings is 1. The van der Waals surface area contributed by atoms with Gasteiger partial charge in [-0.2, -0.15) is 11.8 Å². The zero-order chi connectivity index (χ0) is 11.4. The van der Waals surface area contributed by atoms with Crippen LogP contribution in [0.1, 0.15) is 19.0 Å². The number of hydrogen-bond donors (Lipinski definition) is 0. The minimum Gasteiger partial charge on any atom is -0.355 e. The van der Waals surface area contributed by atoms with Crippen LogP contribution in [0, 0.1) is 0 Å². The molecule has 1 aliphatic rings. The number of nitrogens with zero attached hydrogens (tertiary/aromatic N) is 2. The second-order valence-electron chi connectivity index (χ2n) is 3.97. The molecular weight excluding hydrogens is 240 g/mol. The molecule has 1 aliphatic heterocycles. The van der Waals surface area contributed by atoms with Crippen molar-refractivity contribution in [2.24, 2.45) is 0 Å². The van der Waals surface area contributed by atoms with Crippen molar-refractivity contribution >= 4 is 29.2 Å². The summed E-state index contributed by atoms with van der Waals surface area (Å²) in [5.41, 5.74) is 0.963. The van der Waals surface area contributed by atoms with Crippen LogP contribution < -0.4 is 4.90 Å². The van der Waals surface area contributed by atoms with Crippen LogP contribution in [0.4, 0.5) is 5.82 Å². The maximum atomic E-state index is 5.81. The van der Waals surface area contributed by atoms with Crippen LogP contribution in [0.2, 0.25) is 0 Å². The molecule has 0 aromatic carbocycles. The Morgan fingerprint density at radius 3 is 3.19 bits per heavy atom. The number of thioether (sulfide) groups is 1. The smallest absolute Gasteiger partial charge is 0.128 e. The Morgan fingerprint density at radius 2 is 2.44 bits per heavy atom. The van der Waals surface area contributed by atoms with Gasteiger partial charge in [-0.15, -0.1) is 11.6 Å². The summed E-state index contributed by atoms with van der Waals surface area (Å²) >= 11 is 7.88. The monoisotopic (exact) mass is 256 g/mol. The van der Waals surface area contributed by atoms with E-state index in [9.17, 15) is 0 Å². The minimum absolute atomic E-state index is 0.494.